The molecule has 20 heavy (non-hydrogen) atoms. The fraction of sp³-hybridized carbons (Fsp3) is 0.600. The summed E-state index contributed by atoms with van der Waals surface area (Å²) >= 11 is 0. The Kier molecular flexibility index (Phi) is 4.95. The molecule has 110 valence electrons. The lowest BCUT2D eigenvalue weighted by Gasteiger charge is -2.37. The zero-order valence-electron chi connectivity index (χ0n) is 11.9. The summed E-state index contributed by atoms with van der Waals surface area (Å²) in [6.45, 7) is 2.88. The molecule has 1 heterocycles. The minimum Gasteiger partial charge on any atom is -0.391 e. The summed E-state index contributed by atoms with van der Waals surface area (Å²) in [6, 6.07) is 5.61. The predicted molar refractivity (Wildman–Crippen MR) is 78.9 cm³/mol. The highest BCUT2D eigenvalue weighted by atomic mass is 16.6. The minimum atomic E-state index is -0.435. The Bertz CT molecular complexity index is 474. The fourth-order valence-electron chi connectivity index (χ4n) is 3.03. The second-order valence-electron chi connectivity index (χ2n) is 5.36. The SMILES string of the molecule is CCCC1CCCCN1c1ccc([N+](=O)[O-])c(CO)c1. The fourth-order valence-corrected chi connectivity index (χ4v) is 3.03. The Balaban J connectivity index is 2.28. The van der Waals surface area contributed by atoms with Crippen molar-refractivity contribution in [1.29, 1.82) is 0 Å². The van der Waals surface area contributed by atoms with Crippen LogP contribution in [0.5, 0.6) is 0 Å². The highest BCUT2D eigenvalue weighted by molar-refractivity contribution is 5.56. The average Bonchev–Trinajstić information content (AvgIpc) is 2.47. The molecule has 1 N–H and O–H groups in total. The molecular weight excluding hydrogens is 256 g/mol. The summed E-state index contributed by atoms with van der Waals surface area (Å²) in [7, 11) is 0. The maximum atomic E-state index is 10.9. The molecule has 0 radical (unpaired) electrons. The molecule has 0 spiro atoms. The molecule has 1 fully saturated rings. The Morgan fingerprint density at radius 2 is 2.25 bits per heavy atom. The number of benzene rings is 1. The van der Waals surface area contributed by atoms with E-state index in [4.69, 9.17) is 0 Å². The molecule has 1 aromatic carbocycles. The van der Waals surface area contributed by atoms with Crippen LogP contribution < -0.4 is 4.90 Å². The molecule has 5 heteroatoms. The first kappa shape index (κ1) is 14.8. The van der Waals surface area contributed by atoms with E-state index in [0.717, 1.165) is 31.5 Å². The van der Waals surface area contributed by atoms with E-state index in [2.05, 4.69) is 11.8 Å². The Morgan fingerprint density at radius 1 is 1.45 bits per heavy atom. The van der Waals surface area contributed by atoms with Crippen molar-refractivity contribution in [3.63, 3.8) is 0 Å². The molecule has 1 aliphatic rings. The molecule has 0 aliphatic carbocycles. The first-order chi connectivity index (χ1) is 9.67. The van der Waals surface area contributed by atoms with Gasteiger partial charge in [0.2, 0.25) is 0 Å². The number of aliphatic hydroxyl groups excluding tert-OH is 1. The summed E-state index contributed by atoms with van der Waals surface area (Å²) < 4.78 is 0. The van der Waals surface area contributed by atoms with Crippen LogP contribution in [-0.2, 0) is 6.61 Å². The van der Waals surface area contributed by atoms with Gasteiger partial charge in [-0.2, -0.15) is 0 Å². The van der Waals surface area contributed by atoms with Crippen LogP contribution in [0.2, 0.25) is 0 Å². The molecule has 0 aromatic heterocycles. The second kappa shape index (κ2) is 6.70. The molecule has 1 atom stereocenters. The minimum absolute atomic E-state index is 0.000279. The van der Waals surface area contributed by atoms with E-state index in [9.17, 15) is 15.2 Å². The van der Waals surface area contributed by atoms with Crippen LogP contribution in [0.3, 0.4) is 0 Å². The Labute approximate surface area is 119 Å². The molecule has 1 aliphatic heterocycles. The van der Waals surface area contributed by atoms with E-state index < -0.39 is 4.92 Å². The molecule has 1 aromatic rings. The third kappa shape index (κ3) is 3.10. The van der Waals surface area contributed by atoms with Gasteiger partial charge in [-0.15, -0.1) is 0 Å². The zero-order valence-corrected chi connectivity index (χ0v) is 11.9. The van der Waals surface area contributed by atoms with Gasteiger partial charge in [0, 0.05) is 24.3 Å². The van der Waals surface area contributed by atoms with Crippen molar-refractivity contribution >= 4 is 11.4 Å². The van der Waals surface area contributed by atoms with Crippen molar-refractivity contribution in [3.8, 4) is 0 Å². The van der Waals surface area contributed by atoms with Crippen molar-refractivity contribution in [2.75, 3.05) is 11.4 Å². The van der Waals surface area contributed by atoms with Crippen LogP contribution in [0.15, 0.2) is 18.2 Å². The van der Waals surface area contributed by atoms with Gasteiger partial charge in [-0.1, -0.05) is 13.3 Å². The van der Waals surface area contributed by atoms with Crippen LogP contribution in [0, 0.1) is 10.1 Å². The number of hydrogen-bond donors (Lipinski definition) is 1. The van der Waals surface area contributed by atoms with Crippen molar-refractivity contribution in [2.24, 2.45) is 0 Å². The highest BCUT2D eigenvalue weighted by Crippen LogP contribution is 2.31. The van der Waals surface area contributed by atoms with Crippen molar-refractivity contribution in [2.45, 2.75) is 51.7 Å². The average molecular weight is 278 g/mol. The van der Waals surface area contributed by atoms with E-state index in [-0.39, 0.29) is 12.3 Å². The van der Waals surface area contributed by atoms with E-state index in [1.807, 2.05) is 6.07 Å². The quantitative estimate of drug-likeness (QED) is 0.663. The predicted octanol–water partition coefficient (Wildman–Crippen LogP) is 3.25. The standard InChI is InChI=1S/C15H22N2O3/c1-2-5-13-6-3-4-9-16(13)14-7-8-15(17(19)20)12(10-14)11-18/h7-8,10,13,18H,2-6,9,11H2,1H3. The van der Waals surface area contributed by atoms with Crippen LogP contribution >= 0.6 is 0 Å². The van der Waals surface area contributed by atoms with Crippen LogP contribution in [0.4, 0.5) is 11.4 Å². The topological polar surface area (TPSA) is 66.6 Å². The van der Waals surface area contributed by atoms with Crippen LogP contribution in [-0.4, -0.2) is 22.6 Å². The van der Waals surface area contributed by atoms with Crippen molar-refractivity contribution in [1.82, 2.24) is 0 Å². The number of rotatable bonds is 5. The second-order valence-corrected chi connectivity index (χ2v) is 5.36. The lowest BCUT2D eigenvalue weighted by Crippen LogP contribution is -2.39. The first-order valence-corrected chi connectivity index (χ1v) is 7.32. The first-order valence-electron chi connectivity index (χ1n) is 7.32. The van der Waals surface area contributed by atoms with Gasteiger partial charge >= 0.3 is 0 Å². The van der Waals surface area contributed by atoms with E-state index in [1.54, 1.807) is 6.07 Å². The summed E-state index contributed by atoms with van der Waals surface area (Å²) in [5, 5.41) is 20.3. The van der Waals surface area contributed by atoms with E-state index >= 15 is 0 Å². The lowest BCUT2D eigenvalue weighted by molar-refractivity contribution is -0.385. The van der Waals surface area contributed by atoms with Gasteiger partial charge in [-0.3, -0.25) is 10.1 Å². The number of hydrogen-bond acceptors (Lipinski definition) is 4. The molecule has 1 saturated heterocycles. The van der Waals surface area contributed by atoms with Gasteiger partial charge in [-0.05, 0) is 37.8 Å². The van der Waals surface area contributed by atoms with Gasteiger partial charge in [-0.25, -0.2) is 0 Å². The maximum Gasteiger partial charge on any atom is 0.275 e. The highest BCUT2D eigenvalue weighted by Gasteiger charge is 2.23. The number of anilines is 1. The third-order valence-corrected chi connectivity index (χ3v) is 4.01. The largest absolute Gasteiger partial charge is 0.391 e. The third-order valence-electron chi connectivity index (χ3n) is 4.01. The normalized spacial score (nSPS) is 19.1. The van der Waals surface area contributed by atoms with Crippen LogP contribution in [0.1, 0.15) is 44.6 Å². The maximum absolute atomic E-state index is 10.9. The molecule has 1 unspecified atom stereocenters. The smallest absolute Gasteiger partial charge is 0.275 e. The summed E-state index contributed by atoms with van der Waals surface area (Å²) in [6.07, 6.45) is 5.87. The van der Waals surface area contributed by atoms with Gasteiger partial charge in [0.05, 0.1) is 17.1 Å². The van der Waals surface area contributed by atoms with Crippen LogP contribution in [0.25, 0.3) is 0 Å². The van der Waals surface area contributed by atoms with Gasteiger partial charge in [0.25, 0.3) is 5.69 Å². The van der Waals surface area contributed by atoms with Gasteiger partial charge < -0.3 is 10.0 Å². The molecule has 0 saturated carbocycles. The summed E-state index contributed by atoms with van der Waals surface area (Å²) in [4.78, 5) is 12.8. The summed E-state index contributed by atoms with van der Waals surface area (Å²) in [5.74, 6) is 0. The number of nitrogens with zero attached hydrogens (tertiary/aromatic N) is 2. The summed E-state index contributed by atoms with van der Waals surface area (Å²) in [5.41, 5.74) is 1.39. The van der Waals surface area contributed by atoms with E-state index in [1.165, 1.54) is 18.9 Å². The number of nitro groups is 1. The molecule has 0 bridgehead atoms. The monoisotopic (exact) mass is 278 g/mol. The number of aliphatic hydroxyl groups is 1. The van der Waals surface area contributed by atoms with Crippen molar-refractivity contribution in [3.05, 3.63) is 33.9 Å². The van der Waals surface area contributed by atoms with Gasteiger partial charge in [0.1, 0.15) is 0 Å². The Hall–Kier alpha value is -1.62. The van der Waals surface area contributed by atoms with Gasteiger partial charge in [0.15, 0.2) is 0 Å². The molecule has 2 rings (SSSR count). The molecule has 0 amide bonds. The molecule has 5 nitrogen and oxygen atoms in total. The van der Waals surface area contributed by atoms with E-state index in [0.29, 0.717) is 11.6 Å². The van der Waals surface area contributed by atoms with Crippen molar-refractivity contribution < 1.29 is 10.0 Å². The molecular formula is C15H22N2O3. The Morgan fingerprint density at radius 3 is 2.90 bits per heavy atom. The number of nitro benzene ring substituents is 1. The lowest BCUT2D eigenvalue weighted by atomic mass is 9.97. The number of piperidine rings is 1. The zero-order chi connectivity index (χ0) is 14.5.